The second kappa shape index (κ2) is 6.37. The van der Waals surface area contributed by atoms with Crippen molar-refractivity contribution < 1.29 is 13.2 Å². The van der Waals surface area contributed by atoms with Crippen molar-refractivity contribution in [1.29, 1.82) is 0 Å². The normalized spacial score (nSPS) is 21.4. The Kier molecular flexibility index (Phi) is 4.77. The van der Waals surface area contributed by atoms with Crippen LogP contribution in [0.1, 0.15) is 30.4 Å². The number of sulfone groups is 1. The lowest BCUT2D eigenvalue weighted by Gasteiger charge is -2.21. The van der Waals surface area contributed by atoms with Crippen molar-refractivity contribution in [3.63, 3.8) is 0 Å². The molecular formula is C14H20N2O3S. The lowest BCUT2D eigenvalue weighted by Crippen LogP contribution is -2.42. The topological polar surface area (TPSA) is 89.3 Å². The van der Waals surface area contributed by atoms with Crippen LogP contribution in [0.3, 0.4) is 0 Å². The minimum atomic E-state index is -3.28. The van der Waals surface area contributed by atoms with Gasteiger partial charge >= 0.3 is 0 Å². The zero-order chi connectivity index (χ0) is 14.6. The minimum Gasteiger partial charge on any atom is -0.351 e. The maximum absolute atomic E-state index is 12.1. The summed E-state index contributed by atoms with van der Waals surface area (Å²) >= 11 is 0. The molecular weight excluding hydrogens is 276 g/mol. The van der Waals surface area contributed by atoms with Crippen molar-refractivity contribution >= 4 is 15.7 Å². The number of nitrogens with two attached hydrogens (primary N) is 1. The molecule has 2 rings (SSSR count). The second-order valence-electron chi connectivity index (χ2n) is 5.04. The van der Waals surface area contributed by atoms with E-state index in [9.17, 15) is 13.2 Å². The van der Waals surface area contributed by atoms with Crippen molar-refractivity contribution in [3.05, 3.63) is 35.4 Å². The van der Waals surface area contributed by atoms with Crippen LogP contribution in [0.5, 0.6) is 0 Å². The van der Waals surface area contributed by atoms with Crippen LogP contribution in [0.15, 0.2) is 24.3 Å². The molecule has 1 aromatic rings. The zero-order valence-corrected chi connectivity index (χ0v) is 12.2. The Hall–Kier alpha value is -1.40. The van der Waals surface area contributed by atoms with Gasteiger partial charge in [-0.25, -0.2) is 8.42 Å². The number of hydrogen-bond donors (Lipinski definition) is 2. The molecule has 20 heavy (non-hydrogen) atoms. The molecule has 1 amide bonds. The first-order chi connectivity index (χ1) is 9.54. The Morgan fingerprint density at radius 1 is 1.25 bits per heavy atom. The van der Waals surface area contributed by atoms with Crippen molar-refractivity contribution in [1.82, 2.24) is 5.32 Å². The molecule has 0 bridgehead atoms. The number of nitrogens with one attached hydrogen (secondary N) is 1. The monoisotopic (exact) mass is 296 g/mol. The van der Waals surface area contributed by atoms with E-state index in [-0.39, 0.29) is 5.75 Å². The van der Waals surface area contributed by atoms with Gasteiger partial charge in [0.1, 0.15) is 5.25 Å². The highest BCUT2D eigenvalue weighted by Crippen LogP contribution is 2.19. The molecule has 0 spiro atoms. The average Bonchev–Trinajstić information content (AvgIpc) is 2.44. The third-order valence-electron chi connectivity index (χ3n) is 3.66. The summed E-state index contributed by atoms with van der Waals surface area (Å²) in [6, 6.07) is 7.55. The molecule has 0 radical (unpaired) electrons. The van der Waals surface area contributed by atoms with Gasteiger partial charge < -0.3 is 11.1 Å². The standard InChI is InChI=1S/C14H20N2O3S/c15-9-11-5-1-2-6-12(11)10-16-14(17)13-7-3-4-8-20(13,18)19/h1-2,5-6,13H,3-4,7-10,15H2,(H,16,17). The minimum absolute atomic E-state index is 0.116. The summed E-state index contributed by atoms with van der Waals surface area (Å²) in [6.07, 6.45) is 1.87. The van der Waals surface area contributed by atoms with E-state index < -0.39 is 21.0 Å². The molecule has 5 nitrogen and oxygen atoms in total. The summed E-state index contributed by atoms with van der Waals surface area (Å²) in [6.45, 7) is 0.714. The molecule has 110 valence electrons. The number of rotatable bonds is 4. The Labute approximate surface area is 119 Å². The van der Waals surface area contributed by atoms with Crippen molar-refractivity contribution in [3.8, 4) is 0 Å². The fourth-order valence-electron chi connectivity index (χ4n) is 2.47. The third kappa shape index (κ3) is 3.37. The van der Waals surface area contributed by atoms with Crippen LogP contribution in [0, 0.1) is 0 Å². The number of benzene rings is 1. The second-order valence-corrected chi connectivity index (χ2v) is 7.35. The first-order valence-corrected chi connectivity index (χ1v) is 8.52. The highest BCUT2D eigenvalue weighted by Gasteiger charge is 2.34. The molecule has 1 saturated heterocycles. The van der Waals surface area contributed by atoms with E-state index >= 15 is 0 Å². The van der Waals surface area contributed by atoms with Gasteiger partial charge in [0.25, 0.3) is 0 Å². The van der Waals surface area contributed by atoms with Gasteiger partial charge in [0.2, 0.25) is 5.91 Å². The third-order valence-corrected chi connectivity index (χ3v) is 5.84. The molecule has 1 heterocycles. The van der Waals surface area contributed by atoms with Crippen molar-refractivity contribution in [2.75, 3.05) is 5.75 Å². The lowest BCUT2D eigenvalue weighted by atomic mass is 10.1. The van der Waals surface area contributed by atoms with Crippen LogP contribution in [0.4, 0.5) is 0 Å². The number of carbonyl (C=O) groups excluding carboxylic acids is 1. The highest BCUT2D eigenvalue weighted by atomic mass is 32.2. The van der Waals surface area contributed by atoms with Gasteiger partial charge in [-0.1, -0.05) is 30.7 Å². The Bertz CT molecular complexity index is 584. The maximum atomic E-state index is 12.1. The first-order valence-electron chi connectivity index (χ1n) is 6.81. The van der Waals surface area contributed by atoms with E-state index in [4.69, 9.17) is 5.73 Å². The first kappa shape index (κ1) is 15.0. The molecule has 1 atom stereocenters. The number of carbonyl (C=O) groups is 1. The molecule has 0 aromatic heterocycles. The van der Waals surface area contributed by atoms with Gasteiger partial charge in [0, 0.05) is 13.1 Å². The summed E-state index contributed by atoms with van der Waals surface area (Å²) in [5, 5.41) is 1.84. The fourth-order valence-corrected chi connectivity index (χ4v) is 4.30. The van der Waals surface area contributed by atoms with Crippen LogP contribution in [0.2, 0.25) is 0 Å². The smallest absolute Gasteiger partial charge is 0.238 e. The van der Waals surface area contributed by atoms with E-state index in [1.165, 1.54) is 0 Å². The maximum Gasteiger partial charge on any atom is 0.238 e. The Morgan fingerprint density at radius 3 is 2.60 bits per heavy atom. The van der Waals surface area contributed by atoms with Crippen LogP contribution < -0.4 is 11.1 Å². The van der Waals surface area contributed by atoms with Crippen LogP contribution in [0.25, 0.3) is 0 Å². The van der Waals surface area contributed by atoms with E-state index in [1.807, 2.05) is 24.3 Å². The van der Waals surface area contributed by atoms with E-state index in [2.05, 4.69) is 5.32 Å². The van der Waals surface area contributed by atoms with Crippen LogP contribution >= 0.6 is 0 Å². The van der Waals surface area contributed by atoms with Crippen LogP contribution in [-0.4, -0.2) is 25.3 Å². The summed E-state index contributed by atoms with van der Waals surface area (Å²) in [7, 11) is -3.28. The molecule has 1 aromatic carbocycles. The molecule has 6 heteroatoms. The summed E-state index contributed by atoms with van der Waals surface area (Å²) in [5.41, 5.74) is 7.52. The number of amides is 1. The summed E-state index contributed by atoms with van der Waals surface area (Å²) in [4.78, 5) is 12.1. The predicted molar refractivity (Wildman–Crippen MR) is 77.6 cm³/mol. The average molecular weight is 296 g/mol. The van der Waals surface area contributed by atoms with Crippen LogP contribution in [-0.2, 0) is 27.7 Å². The van der Waals surface area contributed by atoms with E-state index in [1.54, 1.807) is 0 Å². The lowest BCUT2D eigenvalue weighted by molar-refractivity contribution is -0.121. The molecule has 1 aliphatic rings. The largest absolute Gasteiger partial charge is 0.351 e. The predicted octanol–water partition coefficient (Wildman–Crippen LogP) is 0.729. The van der Waals surface area contributed by atoms with E-state index in [0.29, 0.717) is 25.9 Å². The molecule has 0 saturated carbocycles. The molecule has 3 N–H and O–H groups in total. The molecule has 1 unspecified atom stereocenters. The summed E-state index contributed by atoms with van der Waals surface area (Å²) in [5.74, 6) is -0.277. The van der Waals surface area contributed by atoms with Gasteiger partial charge in [0.05, 0.1) is 5.75 Å². The molecule has 1 aliphatic heterocycles. The summed E-state index contributed by atoms with van der Waals surface area (Å²) < 4.78 is 23.8. The molecule has 0 aliphatic carbocycles. The highest BCUT2D eigenvalue weighted by molar-refractivity contribution is 7.92. The van der Waals surface area contributed by atoms with Gasteiger partial charge in [0.15, 0.2) is 9.84 Å². The Morgan fingerprint density at radius 2 is 1.95 bits per heavy atom. The van der Waals surface area contributed by atoms with Crippen molar-refractivity contribution in [2.45, 2.75) is 37.6 Å². The zero-order valence-electron chi connectivity index (χ0n) is 11.3. The number of hydrogen-bond acceptors (Lipinski definition) is 4. The quantitative estimate of drug-likeness (QED) is 0.857. The van der Waals surface area contributed by atoms with Gasteiger partial charge in [-0.3, -0.25) is 4.79 Å². The molecule has 1 fully saturated rings. The van der Waals surface area contributed by atoms with Gasteiger partial charge in [-0.15, -0.1) is 0 Å². The fraction of sp³-hybridized carbons (Fsp3) is 0.500. The van der Waals surface area contributed by atoms with Gasteiger partial charge in [-0.05, 0) is 24.0 Å². The SMILES string of the molecule is NCc1ccccc1CNC(=O)C1CCCCS1(=O)=O. The van der Waals surface area contributed by atoms with Crippen molar-refractivity contribution in [2.24, 2.45) is 5.73 Å². The van der Waals surface area contributed by atoms with Gasteiger partial charge in [-0.2, -0.15) is 0 Å². The van der Waals surface area contributed by atoms with E-state index in [0.717, 1.165) is 17.5 Å². The Balaban J connectivity index is 2.02.